The third-order valence-corrected chi connectivity index (χ3v) is 9.39. The third-order valence-electron chi connectivity index (χ3n) is 9.39. The van der Waals surface area contributed by atoms with E-state index in [0.29, 0.717) is 23.1 Å². The van der Waals surface area contributed by atoms with Crippen LogP contribution in [-0.2, 0) is 0 Å². The molecule has 0 fully saturated rings. The van der Waals surface area contributed by atoms with E-state index in [1.54, 1.807) is 12.4 Å². The highest BCUT2D eigenvalue weighted by atomic mass is 16.5. The molecule has 56 heavy (non-hydrogen) atoms. The van der Waals surface area contributed by atoms with Gasteiger partial charge in [0.2, 0.25) is 0 Å². The topological polar surface area (TPSA) is 46.8 Å². The van der Waals surface area contributed by atoms with Crippen LogP contribution in [0.2, 0.25) is 0 Å². The van der Waals surface area contributed by atoms with Crippen molar-refractivity contribution in [3.8, 4) is 40.3 Å². The van der Waals surface area contributed by atoms with Crippen molar-refractivity contribution in [3.05, 3.63) is 186 Å². The molecular weight excluding hydrogens is 683 g/mol. The molecule has 0 radical (unpaired) electrons. The van der Waals surface area contributed by atoms with E-state index < -0.39 is 0 Å². The Hall–Kier alpha value is -6.57. The predicted molar refractivity (Wildman–Crippen MR) is 240 cm³/mol. The zero-order valence-electron chi connectivity index (χ0n) is 33.3. The molecule has 0 saturated carbocycles. The fraction of sp³-hybridized carbons (Fsp3) is 0.173. The van der Waals surface area contributed by atoms with Crippen molar-refractivity contribution in [3.63, 3.8) is 0 Å². The summed E-state index contributed by atoms with van der Waals surface area (Å²) in [5.74, 6) is 3.69. The largest absolute Gasteiger partial charge is 0.481 e. The molecule has 280 valence electrons. The van der Waals surface area contributed by atoms with Crippen LogP contribution >= 0.6 is 0 Å². The lowest BCUT2D eigenvalue weighted by atomic mass is 9.88. The summed E-state index contributed by atoms with van der Waals surface area (Å²) in [5, 5.41) is 0. The fourth-order valence-electron chi connectivity index (χ4n) is 6.22. The van der Waals surface area contributed by atoms with Crippen molar-refractivity contribution >= 4 is 29.4 Å². The van der Waals surface area contributed by atoms with E-state index in [4.69, 9.17) is 26.1 Å². The Morgan fingerprint density at radius 2 is 1.36 bits per heavy atom. The molecule has 4 nitrogen and oxygen atoms in total. The maximum absolute atomic E-state index is 5.77. The van der Waals surface area contributed by atoms with E-state index in [1.165, 1.54) is 27.8 Å². The zero-order chi connectivity index (χ0) is 39.9. The number of allylic oxidation sites excluding steroid dienone is 8. The second-order valence-electron chi connectivity index (χ2n) is 13.6. The molecule has 4 aromatic carbocycles. The second kappa shape index (κ2) is 20.2. The standard InChI is InChI=1S/C50H45N3O.C2H6/c1-7-28-54-50-31-48(33-51-46-24-20-41(21-25-46)38(8-2)29-37(6)40-18-16-39(17-19-40)35(3)4)53-49(32-50)34-52-47-26-22-43(23-27-47)45-11-9-10-44(30-45)42-14-12-36(5)13-15-42;1-2/h1,8-16,18,20-27,29-35H,2,6,17,19,28H2,3-5H3;1-2H3/b38-29+,51-33?,52-34?;. The van der Waals surface area contributed by atoms with E-state index in [2.05, 4.69) is 119 Å². The summed E-state index contributed by atoms with van der Waals surface area (Å²) in [6.45, 7) is 19.1. The molecule has 4 heteroatoms. The number of terminal acetylenes is 1. The minimum Gasteiger partial charge on any atom is -0.481 e. The molecule has 0 saturated heterocycles. The van der Waals surface area contributed by atoms with E-state index in [-0.39, 0.29) is 6.61 Å². The number of ether oxygens (including phenoxy) is 1. The number of nitrogens with zero attached hydrogens (tertiary/aromatic N) is 3. The van der Waals surface area contributed by atoms with E-state index in [1.807, 2.05) is 68.5 Å². The van der Waals surface area contributed by atoms with Crippen LogP contribution in [0.1, 0.15) is 63.1 Å². The molecular formula is C52H51N3O. The summed E-state index contributed by atoms with van der Waals surface area (Å²) in [4.78, 5) is 14.2. The van der Waals surface area contributed by atoms with Crippen LogP contribution in [0.25, 0.3) is 27.8 Å². The van der Waals surface area contributed by atoms with E-state index in [9.17, 15) is 0 Å². The number of aryl methyl sites for hydroxylation is 1. The minimum atomic E-state index is 0.143. The van der Waals surface area contributed by atoms with E-state index >= 15 is 0 Å². The molecule has 0 aliphatic heterocycles. The van der Waals surface area contributed by atoms with Gasteiger partial charge in [-0.15, -0.1) is 6.42 Å². The van der Waals surface area contributed by atoms with Crippen molar-refractivity contribution in [1.82, 2.24) is 4.98 Å². The van der Waals surface area contributed by atoms with Gasteiger partial charge in [0.05, 0.1) is 35.2 Å². The van der Waals surface area contributed by atoms with Crippen LogP contribution in [0.3, 0.4) is 0 Å². The molecule has 1 aromatic heterocycles. The van der Waals surface area contributed by atoms with Crippen LogP contribution in [0.4, 0.5) is 11.4 Å². The fourth-order valence-corrected chi connectivity index (χ4v) is 6.22. The summed E-state index contributed by atoms with van der Waals surface area (Å²) < 4.78 is 5.77. The smallest absolute Gasteiger partial charge is 0.148 e. The van der Waals surface area contributed by atoms with Crippen molar-refractivity contribution in [1.29, 1.82) is 0 Å². The monoisotopic (exact) mass is 733 g/mol. The first-order chi connectivity index (χ1) is 27.3. The maximum Gasteiger partial charge on any atom is 0.148 e. The molecule has 0 N–H and O–H groups in total. The molecule has 1 aliphatic rings. The van der Waals surface area contributed by atoms with Gasteiger partial charge in [-0.05, 0) is 107 Å². The molecule has 6 rings (SSSR count). The molecule has 0 amide bonds. The number of benzene rings is 4. The molecule has 0 atom stereocenters. The van der Waals surface area contributed by atoms with Crippen LogP contribution in [-0.4, -0.2) is 24.0 Å². The molecule has 0 unspecified atom stereocenters. The van der Waals surface area contributed by atoms with Crippen LogP contribution < -0.4 is 4.74 Å². The average Bonchev–Trinajstić information content (AvgIpc) is 3.24. The molecule has 0 spiro atoms. The predicted octanol–water partition coefficient (Wildman–Crippen LogP) is 13.7. The first kappa shape index (κ1) is 40.6. The van der Waals surface area contributed by atoms with Gasteiger partial charge >= 0.3 is 0 Å². The van der Waals surface area contributed by atoms with Crippen molar-refractivity contribution in [2.24, 2.45) is 15.9 Å². The summed E-state index contributed by atoms with van der Waals surface area (Å²) in [6, 6.07) is 37.0. The van der Waals surface area contributed by atoms with Crippen LogP contribution in [0.15, 0.2) is 173 Å². The molecule has 5 aromatic rings. The van der Waals surface area contributed by atoms with Crippen molar-refractivity contribution in [2.75, 3.05) is 6.61 Å². The highest BCUT2D eigenvalue weighted by molar-refractivity contribution is 5.86. The number of pyridine rings is 1. The number of rotatable bonds is 13. The quantitative estimate of drug-likeness (QED) is 0.0687. The molecule has 1 aliphatic carbocycles. The lowest BCUT2D eigenvalue weighted by Gasteiger charge is -2.18. The summed E-state index contributed by atoms with van der Waals surface area (Å²) >= 11 is 0. The Balaban J connectivity index is 0.00000295. The number of aliphatic imine (C=N–C) groups is 2. The second-order valence-corrected chi connectivity index (χ2v) is 13.6. The first-order valence-electron chi connectivity index (χ1n) is 19.3. The van der Waals surface area contributed by atoms with E-state index in [0.717, 1.165) is 52.1 Å². The van der Waals surface area contributed by atoms with Gasteiger partial charge in [-0.3, -0.25) is 9.98 Å². The van der Waals surface area contributed by atoms with Gasteiger partial charge in [0, 0.05) is 12.1 Å². The van der Waals surface area contributed by atoms with Gasteiger partial charge < -0.3 is 4.74 Å². The number of aromatic nitrogens is 1. The normalized spacial score (nSPS) is 12.8. The summed E-state index contributed by atoms with van der Waals surface area (Å²) in [7, 11) is 0. The lowest BCUT2D eigenvalue weighted by Crippen LogP contribution is -2.00. The van der Waals surface area contributed by atoms with Crippen LogP contribution in [0.5, 0.6) is 5.75 Å². The minimum absolute atomic E-state index is 0.143. The maximum atomic E-state index is 5.77. The van der Waals surface area contributed by atoms with Gasteiger partial charge in [-0.25, -0.2) is 4.98 Å². The summed E-state index contributed by atoms with van der Waals surface area (Å²) in [5.41, 5.74) is 14.6. The van der Waals surface area contributed by atoms with Gasteiger partial charge in [0.25, 0.3) is 0 Å². The van der Waals surface area contributed by atoms with Gasteiger partial charge in [-0.1, -0.05) is 143 Å². The van der Waals surface area contributed by atoms with Gasteiger partial charge in [0.15, 0.2) is 0 Å². The third kappa shape index (κ3) is 11.2. The Morgan fingerprint density at radius 1 is 0.786 bits per heavy atom. The highest BCUT2D eigenvalue weighted by Gasteiger charge is 2.11. The lowest BCUT2D eigenvalue weighted by molar-refractivity contribution is 0.370. The number of hydrogen-bond acceptors (Lipinski definition) is 4. The first-order valence-corrected chi connectivity index (χ1v) is 19.3. The molecule has 1 heterocycles. The Labute approximate surface area is 334 Å². The highest BCUT2D eigenvalue weighted by Crippen LogP contribution is 2.31. The van der Waals surface area contributed by atoms with Gasteiger partial charge in [-0.2, -0.15) is 0 Å². The van der Waals surface area contributed by atoms with Gasteiger partial charge in [0.1, 0.15) is 12.4 Å². The Bertz CT molecular complexity index is 2330. The Morgan fingerprint density at radius 3 is 1.88 bits per heavy atom. The summed E-state index contributed by atoms with van der Waals surface area (Å²) in [6.07, 6.45) is 19.4. The number of hydrogen-bond donors (Lipinski definition) is 0. The SMILES string of the molecule is C#CCOc1cc(C=Nc2ccc(/C(C=C)=C/C(=C)C3=CC=C(C(C)C)CC3)cc2)nc(C=Nc2ccc(-c3cccc(-c4ccc(C)cc4)c3)cc2)c1.CC. The average molecular weight is 734 g/mol. The van der Waals surface area contributed by atoms with Crippen LogP contribution in [0, 0.1) is 25.2 Å². The van der Waals surface area contributed by atoms with Crippen molar-refractivity contribution < 1.29 is 4.74 Å². The Kier molecular flexibility index (Phi) is 14.7. The van der Waals surface area contributed by atoms with Crippen molar-refractivity contribution in [2.45, 2.75) is 47.5 Å². The zero-order valence-corrected chi connectivity index (χ0v) is 33.3. The molecule has 0 bridgehead atoms.